The molecular formula is C23H36ClN3O3. The summed E-state index contributed by atoms with van der Waals surface area (Å²) in [6.07, 6.45) is 4.11. The summed E-state index contributed by atoms with van der Waals surface area (Å²) in [4.78, 5) is 24.4. The predicted molar refractivity (Wildman–Crippen MR) is 120 cm³/mol. The number of piperidine rings is 1. The Morgan fingerprint density at radius 1 is 1.20 bits per heavy atom. The van der Waals surface area contributed by atoms with Gasteiger partial charge in [-0.1, -0.05) is 31.5 Å². The molecule has 2 amide bonds. The highest BCUT2D eigenvalue weighted by atomic mass is 35.5. The normalized spacial score (nSPS) is 17.3. The molecule has 1 aliphatic carbocycles. The van der Waals surface area contributed by atoms with Crippen molar-refractivity contribution in [3.63, 3.8) is 0 Å². The van der Waals surface area contributed by atoms with Crippen LogP contribution in [0, 0.1) is 12.8 Å². The van der Waals surface area contributed by atoms with Gasteiger partial charge in [-0.05, 0) is 81.5 Å². The average Bonchev–Trinajstić information content (AvgIpc) is 2.98. The lowest BCUT2D eigenvalue weighted by Crippen LogP contribution is -2.46. The van der Waals surface area contributed by atoms with Crippen molar-refractivity contribution in [1.82, 2.24) is 10.3 Å². The van der Waals surface area contributed by atoms with Gasteiger partial charge in [0.2, 0.25) is 5.91 Å². The van der Waals surface area contributed by atoms with E-state index in [1.165, 1.54) is 17.5 Å². The number of amides is 2. The van der Waals surface area contributed by atoms with E-state index in [0.29, 0.717) is 0 Å². The fraction of sp³-hybridized carbons (Fsp3) is 0.652. The number of halogens is 1. The van der Waals surface area contributed by atoms with Crippen LogP contribution >= 0.6 is 11.6 Å². The largest absolute Gasteiger partial charge is 0.444 e. The molecule has 1 spiro atoms. The molecule has 1 heterocycles. The number of nitrogens with one attached hydrogen (secondary N) is 1. The van der Waals surface area contributed by atoms with Crippen LogP contribution in [0.4, 0.5) is 4.79 Å². The second-order valence-corrected chi connectivity index (χ2v) is 10.1. The van der Waals surface area contributed by atoms with E-state index in [0.717, 1.165) is 42.9 Å². The summed E-state index contributed by atoms with van der Waals surface area (Å²) in [7, 11) is 0. The van der Waals surface area contributed by atoms with Crippen molar-refractivity contribution in [1.29, 1.82) is 0 Å². The summed E-state index contributed by atoms with van der Waals surface area (Å²) < 4.78 is 5.50. The minimum atomic E-state index is -0.433. The number of nitrogens with zero attached hydrogens (tertiary/aromatic N) is 1. The number of aryl methyl sites for hydroxylation is 2. The van der Waals surface area contributed by atoms with Crippen LogP contribution in [0.1, 0.15) is 70.6 Å². The second-order valence-electron chi connectivity index (χ2n) is 9.67. The first-order valence-electron chi connectivity index (χ1n) is 10.7. The van der Waals surface area contributed by atoms with Gasteiger partial charge in [-0.15, -0.1) is 0 Å². The van der Waals surface area contributed by atoms with Gasteiger partial charge in [0.15, 0.2) is 0 Å². The number of rotatable bonds is 1. The Kier molecular flexibility index (Phi) is 7.80. The highest BCUT2D eigenvalue weighted by Gasteiger charge is 2.42. The Morgan fingerprint density at radius 2 is 1.80 bits per heavy atom. The van der Waals surface area contributed by atoms with Gasteiger partial charge in [-0.2, -0.15) is 0 Å². The molecule has 0 atom stereocenters. The third-order valence-corrected chi connectivity index (χ3v) is 6.27. The minimum Gasteiger partial charge on any atom is -0.444 e. The second kappa shape index (κ2) is 9.56. The molecule has 6 nitrogen and oxygen atoms in total. The van der Waals surface area contributed by atoms with Crippen LogP contribution in [0.5, 0.6) is 0 Å². The third kappa shape index (κ3) is 5.88. The zero-order valence-corrected chi connectivity index (χ0v) is 19.9. The van der Waals surface area contributed by atoms with Crippen LogP contribution in [-0.4, -0.2) is 35.6 Å². The number of hydrogen-bond donors (Lipinski definition) is 2. The molecular weight excluding hydrogens is 402 g/mol. The number of nitrogens with two attached hydrogens (primary N) is 1. The van der Waals surface area contributed by atoms with E-state index in [1.807, 2.05) is 31.1 Å². The van der Waals surface area contributed by atoms with Crippen LogP contribution in [-0.2, 0) is 21.4 Å². The van der Waals surface area contributed by atoms with Crippen molar-refractivity contribution >= 4 is 23.6 Å². The van der Waals surface area contributed by atoms with Gasteiger partial charge in [0.25, 0.3) is 0 Å². The van der Waals surface area contributed by atoms with Crippen LogP contribution in [0.15, 0.2) is 12.1 Å². The number of carbonyl (C=O) groups excluding carboxylic acids is 2. The maximum absolute atomic E-state index is 12.2. The number of ether oxygens (including phenoxy) is 1. The lowest BCUT2D eigenvalue weighted by atomic mass is 9.74. The fourth-order valence-corrected chi connectivity index (χ4v) is 4.24. The number of hydrogen-bond acceptors (Lipinski definition) is 4. The first-order valence-corrected chi connectivity index (χ1v) is 11.0. The van der Waals surface area contributed by atoms with E-state index in [1.54, 1.807) is 13.8 Å². The molecule has 0 aromatic heterocycles. The SMILES string of the molecule is CC(C)C(=O)NN.Cc1cc2c(cc1Cl)C1(CC2)CCN(C(=O)OC(C)(C)C)CC1. The molecule has 1 aromatic carbocycles. The number of carbonyl (C=O) groups is 2. The van der Waals surface area contributed by atoms with Crippen LogP contribution in [0.3, 0.4) is 0 Å². The Labute approximate surface area is 185 Å². The van der Waals surface area contributed by atoms with Crippen LogP contribution < -0.4 is 11.3 Å². The van der Waals surface area contributed by atoms with Gasteiger partial charge in [0.1, 0.15) is 5.60 Å². The van der Waals surface area contributed by atoms with Crippen molar-refractivity contribution in [3.05, 3.63) is 33.8 Å². The number of likely N-dealkylation sites (tertiary alicyclic amines) is 1. The Balaban J connectivity index is 0.000000396. The fourth-order valence-electron chi connectivity index (χ4n) is 4.08. The topological polar surface area (TPSA) is 84.7 Å². The van der Waals surface area contributed by atoms with E-state index in [4.69, 9.17) is 22.2 Å². The van der Waals surface area contributed by atoms with E-state index < -0.39 is 5.60 Å². The number of hydrazine groups is 1. The van der Waals surface area contributed by atoms with Crippen LogP contribution in [0.25, 0.3) is 0 Å². The zero-order chi connectivity index (χ0) is 22.7. The first kappa shape index (κ1) is 24.5. The molecule has 1 fully saturated rings. The quantitative estimate of drug-likeness (QED) is 0.385. The predicted octanol–water partition coefficient (Wildman–Crippen LogP) is 4.50. The first-order chi connectivity index (χ1) is 13.9. The van der Waals surface area contributed by atoms with Crippen molar-refractivity contribution in [2.75, 3.05) is 13.1 Å². The van der Waals surface area contributed by atoms with Gasteiger partial charge < -0.3 is 9.64 Å². The monoisotopic (exact) mass is 437 g/mol. The third-order valence-electron chi connectivity index (χ3n) is 5.87. The molecule has 3 rings (SSSR count). The highest BCUT2D eigenvalue weighted by Crippen LogP contribution is 2.47. The van der Waals surface area contributed by atoms with Gasteiger partial charge in [0.05, 0.1) is 0 Å². The molecule has 0 bridgehead atoms. The molecule has 7 heteroatoms. The minimum absolute atomic E-state index is 0.00926. The Morgan fingerprint density at radius 3 is 2.27 bits per heavy atom. The number of benzene rings is 1. The molecule has 3 N–H and O–H groups in total. The summed E-state index contributed by atoms with van der Waals surface area (Å²) >= 11 is 6.36. The van der Waals surface area contributed by atoms with E-state index in [9.17, 15) is 9.59 Å². The van der Waals surface area contributed by atoms with Gasteiger partial charge in [-0.25, -0.2) is 10.6 Å². The van der Waals surface area contributed by atoms with Crippen molar-refractivity contribution in [2.24, 2.45) is 11.8 Å². The lowest BCUT2D eigenvalue weighted by Gasteiger charge is -2.40. The van der Waals surface area contributed by atoms with Crippen molar-refractivity contribution < 1.29 is 14.3 Å². The molecule has 168 valence electrons. The smallest absolute Gasteiger partial charge is 0.410 e. The van der Waals surface area contributed by atoms with Gasteiger partial charge in [-0.3, -0.25) is 10.2 Å². The Bertz CT molecular complexity index is 779. The van der Waals surface area contributed by atoms with Crippen molar-refractivity contribution in [3.8, 4) is 0 Å². The summed E-state index contributed by atoms with van der Waals surface area (Å²) in [6, 6.07) is 4.41. The lowest BCUT2D eigenvalue weighted by molar-refractivity contribution is -0.124. The molecule has 0 radical (unpaired) electrons. The zero-order valence-electron chi connectivity index (χ0n) is 19.1. The maximum atomic E-state index is 12.2. The molecule has 1 aromatic rings. The van der Waals surface area contributed by atoms with E-state index >= 15 is 0 Å². The number of fused-ring (bicyclic) bond motifs is 2. The maximum Gasteiger partial charge on any atom is 0.410 e. The standard InChI is InChI=1S/C19H26ClNO2.C4H10N2O/c1-13-11-14-5-6-19(15(14)12-16(13)20)7-9-21(10-8-19)17(22)23-18(2,3)4;1-3(2)4(7)6-5/h11-12H,5-10H2,1-4H3;3H,5H2,1-2H3,(H,6,7). The van der Waals surface area contributed by atoms with E-state index in [2.05, 4.69) is 19.1 Å². The molecule has 1 saturated heterocycles. The Hall–Kier alpha value is -1.79. The molecule has 0 unspecified atom stereocenters. The molecule has 0 saturated carbocycles. The summed E-state index contributed by atoms with van der Waals surface area (Å²) in [6.45, 7) is 12.9. The summed E-state index contributed by atoms with van der Waals surface area (Å²) in [5, 5.41) is 0.861. The molecule has 30 heavy (non-hydrogen) atoms. The van der Waals surface area contributed by atoms with Crippen molar-refractivity contribution in [2.45, 2.75) is 78.2 Å². The highest BCUT2D eigenvalue weighted by molar-refractivity contribution is 6.31. The summed E-state index contributed by atoms with van der Waals surface area (Å²) in [5.41, 5.74) is 5.81. The van der Waals surface area contributed by atoms with E-state index in [-0.39, 0.29) is 23.3 Å². The summed E-state index contributed by atoms with van der Waals surface area (Å²) in [5.74, 6) is 4.64. The van der Waals surface area contributed by atoms with Gasteiger partial charge in [0, 0.05) is 24.0 Å². The average molecular weight is 438 g/mol. The molecule has 1 aliphatic heterocycles. The van der Waals surface area contributed by atoms with Gasteiger partial charge >= 0.3 is 6.09 Å². The van der Waals surface area contributed by atoms with Crippen LogP contribution in [0.2, 0.25) is 5.02 Å². The molecule has 2 aliphatic rings.